The largest absolute Gasteiger partial charge is 0.296 e. The number of piperidine rings is 1. The number of anilines is 1. The number of hydrogen-bond acceptors (Lipinski definition) is 4. The molecule has 0 radical (unpaired) electrons. The van der Waals surface area contributed by atoms with E-state index in [1.54, 1.807) is 0 Å². The number of fused-ring (bicyclic) bond motifs is 1. The topological polar surface area (TPSA) is 49.9 Å². The molecule has 1 fully saturated rings. The first-order chi connectivity index (χ1) is 11.5. The fourth-order valence-electron chi connectivity index (χ4n) is 4.49. The number of para-hydroxylation sites is 1. The van der Waals surface area contributed by atoms with E-state index in [1.165, 1.54) is 17.0 Å². The zero-order chi connectivity index (χ0) is 18.5. The lowest BCUT2D eigenvalue weighted by molar-refractivity contribution is -0.282. The molecule has 2 heterocycles. The summed E-state index contributed by atoms with van der Waals surface area (Å²) in [5.41, 5.74) is 1.75. The summed E-state index contributed by atoms with van der Waals surface area (Å²) in [5.74, 6) is 0. The molecule has 6 heteroatoms. The molecule has 2 aliphatic rings. The van der Waals surface area contributed by atoms with E-state index < -0.39 is 10.0 Å². The number of hydroxylamine groups is 2. The predicted molar refractivity (Wildman–Crippen MR) is 101 cm³/mol. The van der Waals surface area contributed by atoms with E-state index in [9.17, 15) is 8.42 Å². The monoisotopic (exact) mass is 366 g/mol. The molecular weight excluding hydrogens is 336 g/mol. The third-order valence-corrected chi connectivity index (χ3v) is 6.66. The van der Waals surface area contributed by atoms with Gasteiger partial charge in [0.05, 0.1) is 24.6 Å². The molecular formula is C19H30N2O3S. The van der Waals surface area contributed by atoms with E-state index >= 15 is 0 Å². The van der Waals surface area contributed by atoms with Crippen molar-refractivity contribution >= 4 is 15.7 Å². The van der Waals surface area contributed by atoms with Crippen LogP contribution in [0.15, 0.2) is 24.3 Å². The van der Waals surface area contributed by atoms with E-state index in [-0.39, 0.29) is 17.1 Å². The van der Waals surface area contributed by atoms with E-state index in [1.807, 2.05) is 24.3 Å². The molecule has 0 aliphatic carbocycles. The summed E-state index contributed by atoms with van der Waals surface area (Å²) >= 11 is 0. The summed E-state index contributed by atoms with van der Waals surface area (Å²) in [6, 6.07) is 7.53. The van der Waals surface area contributed by atoms with Crippen molar-refractivity contribution in [2.75, 3.05) is 17.2 Å². The van der Waals surface area contributed by atoms with Crippen LogP contribution in [0.3, 0.4) is 0 Å². The van der Waals surface area contributed by atoms with Gasteiger partial charge in [-0.3, -0.25) is 9.14 Å². The van der Waals surface area contributed by atoms with Crippen LogP contribution in [-0.2, 0) is 21.3 Å². The lowest BCUT2D eigenvalue weighted by Crippen LogP contribution is -2.59. The summed E-state index contributed by atoms with van der Waals surface area (Å²) in [6.45, 7) is 9.17. The molecule has 2 aliphatic heterocycles. The average molecular weight is 367 g/mol. The second-order valence-corrected chi connectivity index (χ2v) is 10.5. The second-order valence-electron chi connectivity index (χ2n) is 8.61. The third kappa shape index (κ3) is 3.57. The van der Waals surface area contributed by atoms with E-state index in [4.69, 9.17) is 4.84 Å². The van der Waals surface area contributed by atoms with Gasteiger partial charge in [0, 0.05) is 11.1 Å². The fraction of sp³-hybridized carbons (Fsp3) is 0.684. The highest BCUT2D eigenvalue weighted by atomic mass is 32.2. The first-order valence-corrected chi connectivity index (χ1v) is 10.9. The zero-order valence-corrected chi connectivity index (χ0v) is 16.8. The Morgan fingerprint density at radius 3 is 2.32 bits per heavy atom. The molecule has 0 spiro atoms. The minimum atomic E-state index is -3.34. The van der Waals surface area contributed by atoms with Crippen LogP contribution in [0.5, 0.6) is 0 Å². The number of sulfonamides is 1. The van der Waals surface area contributed by atoms with Crippen LogP contribution < -0.4 is 4.31 Å². The molecule has 0 amide bonds. The van der Waals surface area contributed by atoms with Gasteiger partial charge in [-0.2, -0.15) is 5.06 Å². The highest BCUT2D eigenvalue weighted by Crippen LogP contribution is 2.39. The van der Waals surface area contributed by atoms with Gasteiger partial charge in [-0.05, 0) is 65.0 Å². The van der Waals surface area contributed by atoms with Gasteiger partial charge >= 0.3 is 0 Å². The molecule has 5 nitrogen and oxygen atoms in total. The maximum absolute atomic E-state index is 12.4. The molecule has 0 saturated carbocycles. The Bertz CT molecular complexity index is 727. The predicted octanol–water partition coefficient (Wildman–Crippen LogP) is 3.35. The third-order valence-electron chi connectivity index (χ3n) is 5.45. The van der Waals surface area contributed by atoms with Crippen molar-refractivity contribution in [3.8, 4) is 0 Å². The van der Waals surface area contributed by atoms with Crippen molar-refractivity contribution in [3.63, 3.8) is 0 Å². The number of rotatable bonds is 4. The summed E-state index contributed by atoms with van der Waals surface area (Å²) < 4.78 is 26.3. The van der Waals surface area contributed by atoms with Gasteiger partial charge in [0.2, 0.25) is 10.0 Å². The standard InChI is InChI=1S/C19H30N2O3S/c1-18(2)11-8-12-19(3,4)21(18)24-14-16-13-15-9-6-7-10-17(15)20(16)25(5,22)23/h6-7,9-10,16H,8,11-14H2,1-5H3. The average Bonchev–Trinajstić information content (AvgIpc) is 2.83. The van der Waals surface area contributed by atoms with Gasteiger partial charge in [-0.15, -0.1) is 0 Å². The Morgan fingerprint density at radius 2 is 1.72 bits per heavy atom. The molecule has 1 unspecified atom stereocenters. The molecule has 0 aromatic heterocycles. The lowest BCUT2D eigenvalue weighted by Gasteiger charge is -2.51. The molecule has 1 atom stereocenters. The number of nitrogens with zero attached hydrogens (tertiary/aromatic N) is 2. The smallest absolute Gasteiger partial charge is 0.232 e. The van der Waals surface area contributed by atoms with Crippen molar-refractivity contribution in [1.29, 1.82) is 0 Å². The Morgan fingerprint density at radius 1 is 1.12 bits per heavy atom. The molecule has 1 saturated heterocycles. The van der Waals surface area contributed by atoms with Crippen LogP contribution in [0.1, 0.15) is 52.5 Å². The minimum Gasteiger partial charge on any atom is -0.296 e. The zero-order valence-electron chi connectivity index (χ0n) is 15.9. The first kappa shape index (κ1) is 18.7. The van der Waals surface area contributed by atoms with Gasteiger partial charge in [0.25, 0.3) is 0 Å². The molecule has 0 N–H and O–H groups in total. The normalized spacial score (nSPS) is 25.8. The first-order valence-electron chi connectivity index (χ1n) is 9.03. The van der Waals surface area contributed by atoms with Crippen molar-refractivity contribution in [2.24, 2.45) is 0 Å². The summed E-state index contributed by atoms with van der Waals surface area (Å²) in [4.78, 5) is 6.28. The van der Waals surface area contributed by atoms with Crippen LogP contribution >= 0.6 is 0 Å². The maximum Gasteiger partial charge on any atom is 0.232 e. The maximum atomic E-state index is 12.4. The molecule has 140 valence electrons. The molecule has 1 aromatic carbocycles. The molecule has 1 aromatic rings. The minimum absolute atomic E-state index is 0.0525. The van der Waals surface area contributed by atoms with Gasteiger partial charge in [0.1, 0.15) is 0 Å². The Hall–Kier alpha value is -1.11. The SMILES string of the molecule is CC1(C)CCCC(C)(C)N1OCC1Cc2ccccc2N1S(C)(=O)=O. The van der Waals surface area contributed by atoms with Crippen LogP contribution in [0, 0.1) is 0 Å². The Balaban J connectivity index is 1.81. The quantitative estimate of drug-likeness (QED) is 0.820. The van der Waals surface area contributed by atoms with Crippen molar-refractivity contribution in [1.82, 2.24) is 5.06 Å². The van der Waals surface area contributed by atoms with E-state index in [0.717, 1.165) is 24.1 Å². The second kappa shape index (κ2) is 6.25. The molecule has 25 heavy (non-hydrogen) atoms. The lowest BCUT2D eigenvalue weighted by atomic mass is 9.82. The summed E-state index contributed by atoms with van der Waals surface area (Å²) in [6.07, 6.45) is 5.31. The van der Waals surface area contributed by atoms with Crippen LogP contribution in [0.25, 0.3) is 0 Å². The number of benzene rings is 1. The van der Waals surface area contributed by atoms with Gasteiger partial charge in [-0.1, -0.05) is 18.2 Å². The van der Waals surface area contributed by atoms with Crippen LogP contribution in [0.2, 0.25) is 0 Å². The Labute approximate surface area is 152 Å². The van der Waals surface area contributed by atoms with Crippen molar-refractivity contribution in [3.05, 3.63) is 29.8 Å². The van der Waals surface area contributed by atoms with Gasteiger partial charge in [0.15, 0.2) is 0 Å². The Kier molecular flexibility index (Phi) is 4.67. The van der Waals surface area contributed by atoms with Crippen LogP contribution in [0.4, 0.5) is 5.69 Å². The summed E-state index contributed by atoms with van der Waals surface area (Å²) in [5, 5.41) is 2.10. The number of hydrogen-bond donors (Lipinski definition) is 0. The van der Waals surface area contributed by atoms with Crippen molar-refractivity contribution in [2.45, 2.75) is 70.5 Å². The highest BCUT2D eigenvalue weighted by molar-refractivity contribution is 7.92. The van der Waals surface area contributed by atoms with Crippen molar-refractivity contribution < 1.29 is 13.3 Å². The fourth-order valence-corrected chi connectivity index (χ4v) is 5.71. The van der Waals surface area contributed by atoms with Crippen LogP contribution in [-0.4, -0.2) is 43.5 Å². The van der Waals surface area contributed by atoms with E-state index in [0.29, 0.717) is 13.0 Å². The van der Waals surface area contributed by atoms with Gasteiger partial charge in [-0.25, -0.2) is 8.42 Å². The molecule has 3 rings (SSSR count). The summed E-state index contributed by atoms with van der Waals surface area (Å²) in [7, 11) is -3.34. The molecule has 0 bridgehead atoms. The highest BCUT2D eigenvalue weighted by Gasteiger charge is 2.44. The van der Waals surface area contributed by atoms with Gasteiger partial charge < -0.3 is 0 Å². The van der Waals surface area contributed by atoms with E-state index in [2.05, 4.69) is 32.8 Å².